The van der Waals surface area contributed by atoms with Crippen molar-refractivity contribution in [1.29, 1.82) is 0 Å². The molecule has 1 heterocycles. The molecule has 1 amide bonds. The second kappa shape index (κ2) is 4.61. The Labute approximate surface area is 108 Å². The van der Waals surface area contributed by atoms with Gasteiger partial charge in [-0.1, -0.05) is 0 Å². The van der Waals surface area contributed by atoms with Crippen LogP contribution >= 0.6 is 0 Å². The van der Waals surface area contributed by atoms with Gasteiger partial charge in [-0.25, -0.2) is 0 Å². The Hall–Kier alpha value is -1.55. The molecule has 3 N–H and O–H groups in total. The number of ether oxygens (including phenoxy) is 1. The molecular weight excluding hydrogens is 228 g/mol. The fourth-order valence-corrected chi connectivity index (χ4v) is 2.19. The Morgan fingerprint density at radius 2 is 2.11 bits per heavy atom. The van der Waals surface area contributed by atoms with Crippen LogP contribution in [-0.4, -0.2) is 18.1 Å². The third-order valence-corrected chi connectivity index (χ3v) is 3.56. The molecule has 0 saturated carbocycles. The zero-order valence-corrected chi connectivity index (χ0v) is 11.2. The van der Waals surface area contributed by atoms with E-state index in [1.807, 2.05) is 32.9 Å². The van der Waals surface area contributed by atoms with Gasteiger partial charge in [-0.15, -0.1) is 0 Å². The number of hydrogen-bond acceptors (Lipinski definition) is 3. The lowest BCUT2D eigenvalue weighted by Gasteiger charge is -2.22. The van der Waals surface area contributed by atoms with E-state index < -0.39 is 5.60 Å². The van der Waals surface area contributed by atoms with Gasteiger partial charge < -0.3 is 15.8 Å². The molecule has 0 aliphatic carbocycles. The Morgan fingerprint density at radius 1 is 1.39 bits per heavy atom. The number of nitrogen functional groups attached to an aromatic ring is 1. The summed E-state index contributed by atoms with van der Waals surface area (Å²) in [5, 5.41) is 2.94. The first-order valence-electron chi connectivity index (χ1n) is 6.24. The number of carbonyl (C=O) groups is 1. The molecule has 2 rings (SSSR count). The van der Waals surface area contributed by atoms with Crippen LogP contribution in [0.2, 0.25) is 0 Å². The number of hydrogen-bond donors (Lipinski definition) is 2. The summed E-state index contributed by atoms with van der Waals surface area (Å²) in [6.45, 7) is 6.36. The van der Waals surface area contributed by atoms with Gasteiger partial charge in [0.25, 0.3) is 5.91 Å². The zero-order valence-electron chi connectivity index (χ0n) is 11.2. The molecule has 0 radical (unpaired) electrons. The summed E-state index contributed by atoms with van der Waals surface area (Å²) >= 11 is 0. The van der Waals surface area contributed by atoms with Crippen molar-refractivity contribution in [2.24, 2.45) is 0 Å². The van der Waals surface area contributed by atoms with Crippen molar-refractivity contribution in [3.05, 3.63) is 23.3 Å². The van der Waals surface area contributed by atoms with Crippen LogP contribution in [-0.2, 0) is 9.53 Å². The summed E-state index contributed by atoms with van der Waals surface area (Å²) in [6.07, 6.45) is 1.70. The van der Waals surface area contributed by atoms with Crippen LogP contribution in [0.5, 0.6) is 0 Å². The lowest BCUT2D eigenvalue weighted by atomic mass is 10.0. The normalized spacial score (nSPS) is 23.1. The largest absolute Gasteiger partial charge is 0.399 e. The highest BCUT2D eigenvalue weighted by Gasteiger charge is 2.37. The first kappa shape index (κ1) is 12.9. The van der Waals surface area contributed by atoms with E-state index >= 15 is 0 Å². The molecule has 1 aromatic carbocycles. The molecule has 1 aromatic rings. The summed E-state index contributed by atoms with van der Waals surface area (Å²) in [7, 11) is 0. The summed E-state index contributed by atoms with van der Waals surface area (Å²) in [4.78, 5) is 12.2. The quantitative estimate of drug-likeness (QED) is 0.790. The first-order valence-corrected chi connectivity index (χ1v) is 6.24. The Bertz CT molecular complexity index is 477. The highest BCUT2D eigenvalue weighted by Crippen LogP contribution is 2.28. The summed E-state index contributed by atoms with van der Waals surface area (Å²) in [5.74, 6) is -0.0766. The number of aryl methyl sites for hydroxylation is 2. The molecule has 4 nitrogen and oxygen atoms in total. The average molecular weight is 248 g/mol. The minimum atomic E-state index is -0.693. The average Bonchev–Trinajstić information content (AvgIpc) is 2.74. The third-order valence-electron chi connectivity index (χ3n) is 3.56. The van der Waals surface area contributed by atoms with Crippen LogP contribution in [0.15, 0.2) is 12.1 Å². The van der Waals surface area contributed by atoms with Crippen LogP contribution < -0.4 is 11.1 Å². The van der Waals surface area contributed by atoms with Crippen LogP contribution in [0.1, 0.15) is 30.9 Å². The lowest BCUT2D eigenvalue weighted by molar-refractivity contribution is -0.133. The number of amides is 1. The van der Waals surface area contributed by atoms with Crippen molar-refractivity contribution >= 4 is 17.3 Å². The van der Waals surface area contributed by atoms with Gasteiger partial charge in [-0.3, -0.25) is 4.79 Å². The van der Waals surface area contributed by atoms with Crippen molar-refractivity contribution in [1.82, 2.24) is 0 Å². The third kappa shape index (κ3) is 2.34. The number of carbonyl (C=O) groups excluding carboxylic acids is 1. The van der Waals surface area contributed by atoms with E-state index in [-0.39, 0.29) is 5.91 Å². The monoisotopic (exact) mass is 248 g/mol. The van der Waals surface area contributed by atoms with Crippen LogP contribution in [0.4, 0.5) is 11.4 Å². The molecule has 1 fully saturated rings. The van der Waals surface area contributed by atoms with Crippen LogP contribution in [0.3, 0.4) is 0 Å². The van der Waals surface area contributed by atoms with Gasteiger partial charge >= 0.3 is 0 Å². The first-order chi connectivity index (χ1) is 8.42. The maximum absolute atomic E-state index is 12.2. The van der Waals surface area contributed by atoms with E-state index in [0.29, 0.717) is 6.61 Å². The van der Waals surface area contributed by atoms with Gasteiger partial charge in [-0.05, 0) is 56.9 Å². The number of anilines is 2. The molecule has 1 aliphatic rings. The molecule has 1 saturated heterocycles. The summed E-state index contributed by atoms with van der Waals surface area (Å²) in [6, 6.07) is 3.78. The minimum absolute atomic E-state index is 0.0766. The van der Waals surface area contributed by atoms with E-state index in [2.05, 4.69) is 5.32 Å². The molecule has 98 valence electrons. The van der Waals surface area contributed by atoms with Gasteiger partial charge in [0.05, 0.1) is 0 Å². The predicted molar refractivity (Wildman–Crippen MR) is 72.5 cm³/mol. The maximum Gasteiger partial charge on any atom is 0.256 e. The molecule has 1 unspecified atom stereocenters. The van der Waals surface area contributed by atoms with Crippen molar-refractivity contribution < 1.29 is 9.53 Å². The zero-order chi connectivity index (χ0) is 13.3. The minimum Gasteiger partial charge on any atom is -0.399 e. The fourth-order valence-electron chi connectivity index (χ4n) is 2.19. The smallest absolute Gasteiger partial charge is 0.256 e. The second-order valence-corrected chi connectivity index (χ2v) is 5.16. The van der Waals surface area contributed by atoms with Gasteiger partial charge in [-0.2, -0.15) is 0 Å². The Morgan fingerprint density at radius 3 is 2.72 bits per heavy atom. The topological polar surface area (TPSA) is 64.3 Å². The molecule has 4 heteroatoms. The number of nitrogens with two attached hydrogens (primary N) is 1. The summed E-state index contributed by atoms with van der Waals surface area (Å²) in [5.41, 5.74) is 8.62. The van der Waals surface area contributed by atoms with Crippen molar-refractivity contribution in [2.75, 3.05) is 17.7 Å². The highest BCUT2D eigenvalue weighted by atomic mass is 16.5. The molecule has 0 aromatic heterocycles. The highest BCUT2D eigenvalue weighted by molar-refractivity contribution is 5.98. The lowest BCUT2D eigenvalue weighted by Crippen LogP contribution is -2.39. The van der Waals surface area contributed by atoms with E-state index in [1.165, 1.54) is 0 Å². The van der Waals surface area contributed by atoms with Gasteiger partial charge in [0.1, 0.15) is 5.60 Å². The van der Waals surface area contributed by atoms with Crippen molar-refractivity contribution in [2.45, 2.75) is 39.2 Å². The fraction of sp³-hybridized carbons (Fsp3) is 0.500. The molecule has 18 heavy (non-hydrogen) atoms. The number of benzene rings is 1. The second-order valence-electron chi connectivity index (χ2n) is 5.16. The van der Waals surface area contributed by atoms with E-state index in [1.54, 1.807) is 0 Å². The predicted octanol–water partition coefficient (Wildman–Crippen LogP) is 2.39. The van der Waals surface area contributed by atoms with E-state index in [9.17, 15) is 4.79 Å². The van der Waals surface area contributed by atoms with Crippen LogP contribution in [0.25, 0.3) is 0 Å². The van der Waals surface area contributed by atoms with E-state index in [4.69, 9.17) is 10.5 Å². The van der Waals surface area contributed by atoms with Crippen molar-refractivity contribution in [3.8, 4) is 0 Å². The van der Waals surface area contributed by atoms with Crippen LogP contribution in [0, 0.1) is 13.8 Å². The molecular formula is C14H20N2O2. The van der Waals surface area contributed by atoms with E-state index in [0.717, 1.165) is 35.3 Å². The number of rotatable bonds is 2. The number of nitrogens with one attached hydrogen (secondary N) is 1. The molecule has 1 atom stereocenters. The molecule has 1 aliphatic heterocycles. The standard InChI is InChI=1S/C14H20N2O2/c1-9-8-12(10(2)7-11(9)15)16-13(17)14(3)5-4-6-18-14/h7-8H,4-6,15H2,1-3H3,(H,16,17). The maximum atomic E-state index is 12.2. The summed E-state index contributed by atoms with van der Waals surface area (Å²) < 4.78 is 5.53. The van der Waals surface area contributed by atoms with Gasteiger partial charge in [0, 0.05) is 18.0 Å². The Kier molecular flexibility index (Phi) is 3.30. The van der Waals surface area contributed by atoms with Crippen molar-refractivity contribution in [3.63, 3.8) is 0 Å². The van der Waals surface area contributed by atoms with Gasteiger partial charge in [0.2, 0.25) is 0 Å². The molecule has 0 bridgehead atoms. The Balaban J connectivity index is 2.19. The molecule has 0 spiro atoms. The SMILES string of the molecule is Cc1cc(NC(=O)C2(C)CCCO2)c(C)cc1N. The van der Waals surface area contributed by atoms with Gasteiger partial charge in [0.15, 0.2) is 0 Å².